The third-order valence-electron chi connectivity index (χ3n) is 6.29. The van der Waals surface area contributed by atoms with Crippen LogP contribution < -0.4 is 4.90 Å². The highest BCUT2D eigenvalue weighted by atomic mass is 16.6. The summed E-state index contributed by atoms with van der Waals surface area (Å²) in [6.07, 6.45) is 4.45. The second-order valence-electron chi connectivity index (χ2n) is 9.56. The molecule has 2 fully saturated rings. The van der Waals surface area contributed by atoms with Crippen LogP contribution >= 0.6 is 0 Å². The van der Waals surface area contributed by atoms with Crippen molar-refractivity contribution in [1.82, 2.24) is 9.80 Å². The molecule has 4 rings (SSSR count). The third-order valence-corrected chi connectivity index (χ3v) is 6.29. The van der Waals surface area contributed by atoms with Crippen LogP contribution in [0.25, 0.3) is 0 Å². The van der Waals surface area contributed by atoms with E-state index in [1.165, 1.54) is 0 Å². The van der Waals surface area contributed by atoms with E-state index in [9.17, 15) is 9.59 Å². The summed E-state index contributed by atoms with van der Waals surface area (Å²) in [6.45, 7) is 13.2. The molecule has 3 aliphatic rings. The summed E-state index contributed by atoms with van der Waals surface area (Å²) in [4.78, 5) is 31.5. The van der Waals surface area contributed by atoms with Gasteiger partial charge in [0.25, 0.3) is 0 Å². The monoisotopic (exact) mass is 429 g/mol. The van der Waals surface area contributed by atoms with E-state index in [1.807, 2.05) is 56.6 Å². The standard InChI is InChI=1S/C23H33N3O3.C2H6/c1-23(2,3)29-22(28)25-12-6-8-19(16-25)24-13-10-18(11-14-24)26-20-9-5-4-7-17(20)15-21(26)27;1-2/h4-5,7,9,18-19H,6,8,10-16H2,1-3H3;1-2H3/t19-;/m0./s1. The number of fused-ring (bicyclic) bond motifs is 1. The van der Waals surface area contributed by atoms with Gasteiger partial charge in [0.2, 0.25) is 5.91 Å². The molecule has 0 unspecified atom stereocenters. The molecule has 1 atom stereocenters. The number of ether oxygens (including phenoxy) is 1. The van der Waals surface area contributed by atoms with Crippen LogP contribution in [0.3, 0.4) is 0 Å². The van der Waals surface area contributed by atoms with Crippen LogP contribution in [-0.4, -0.2) is 65.7 Å². The van der Waals surface area contributed by atoms with Crippen molar-refractivity contribution in [2.45, 2.75) is 84.4 Å². The van der Waals surface area contributed by atoms with E-state index in [4.69, 9.17) is 4.74 Å². The van der Waals surface area contributed by atoms with Gasteiger partial charge in [-0.2, -0.15) is 0 Å². The average Bonchev–Trinajstić information content (AvgIpc) is 3.10. The molecule has 6 heteroatoms. The predicted molar refractivity (Wildman–Crippen MR) is 124 cm³/mol. The zero-order valence-corrected chi connectivity index (χ0v) is 19.9. The van der Waals surface area contributed by atoms with Gasteiger partial charge in [-0.15, -0.1) is 0 Å². The zero-order valence-electron chi connectivity index (χ0n) is 19.9. The third kappa shape index (κ3) is 5.59. The summed E-state index contributed by atoms with van der Waals surface area (Å²) in [5.41, 5.74) is 1.80. The highest BCUT2D eigenvalue weighted by Crippen LogP contribution is 2.34. The van der Waals surface area contributed by atoms with Gasteiger partial charge in [0.05, 0.1) is 6.42 Å². The molecule has 172 valence electrons. The van der Waals surface area contributed by atoms with Crippen molar-refractivity contribution in [3.8, 4) is 0 Å². The van der Waals surface area contributed by atoms with Gasteiger partial charge in [-0.05, 0) is 58.1 Å². The lowest BCUT2D eigenvalue weighted by Gasteiger charge is -2.44. The molecule has 0 N–H and O–H groups in total. The molecule has 3 heterocycles. The second-order valence-corrected chi connectivity index (χ2v) is 9.56. The fourth-order valence-corrected chi connectivity index (χ4v) is 4.93. The predicted octanol–water partition coefficient (Wildman–Crippen LogP) is 4.47. The fraction of sp³-hybridized carbons (Fsp3) is 0.680. The van der Waals surface area contributed by atoms with E-state index in [0.29, 0.717) is 12.5 Å². The number of hydrogen-bond donors (Lipinski definition) is 0. The van der Waals surface area contributed by atoms with Crippen LogP contribution in [-0.2, 0) is 16.0 Å². The molecule has 2 amide bonds. The van der Waals surface area contributed by atoms with E-state index in [1.54, 1.807) is 0 Å². The molecular weight excluding hydrogens is 390 g/mol. The molecule has 0 aromatic heterocycles. The number of hydrogen-bond acceptors (Lipinski definition) is 4. The van der Waals surface area contributed by atoms with E-state index < -0.39 is 5.60 Å². The minimum Gasteiger partial charge on any atom is -0.444 e. The van der Waals surface area contributed by atoms with E-state index in [-0.39, 0.29) is 18.0 Å². The molecule has 0 saturated carbocycles. The van der Waals surface area contributed by atoms with Gasteiger partial charge in [-0.25, -0.2) is 4.79 Å². The molecule has 31 heavy (non-hydrogen) atoms. The van der Waals surface area contributed by atoms with E-state index in [0.717, 1.165) is 63.1 Å². The molecule has 0 radical (unpaired) electrons. The second kappa shape index (κ2) is 10.0. The SMILES string of the molecule is CC.CC(C)(C)OC(=O)N1CCC[C@H](N2CCC(N3C(=O)Cc4ccccc43)CC2)C1. The van der Waals surface area contributed by atoms with Crippen molar-refractivity contribution in [3.63, 3.8) is 0 Å². The van der Waals surface area contributed by atoms with Crippen LogP contribution in [0.5, 0.6) is 0 Å². The molecular formula is C25H39N3O3. The number of benzene rings is 1. The Morgan fingerprint density at radius 1 is 1.00 bits per heavy atom. The van der Waals surface area contributed by atoms with Gasteiger partial charge in [-0.3, -0.25) is 9.69 Å². The topological polar surface area (TPSA) is 53.1 Å². The smallest absolute Gasteiger partial charge is 0.410 e. The minimum absolute atomic E-state index is 0.198. The fourth-order valence-electron chi connectivity index (χ4n) is 4.93. The molecule has 0 aliphatic carbocycles. The number of piperidine rings is 2. The molecule has 6 nitrogen and oxygen atoms in total. The maximum absolute atomic E-state index is 12.6. The van der Waals surface area contributed by atoms with Gasteiger partial charge >= 0.3 is 6.09 Å². The molecule has 0 bridgehead atoms. The van der Waals surface area contributed by atoms with Gasteiger partial charge in [0, 0.05) is 44.0 Å². The van der Waals surface area contributed by atoms with Crippen LogP contribution in [0.15, 0.2) is 24.3 Å². The summed E-state index contributed by atoms with van der Waals surface area (Å²) < 4.78 is 5.57. The molecule has 1 aromatic carbocycles. The van der Waals surface area contributed by atoms with Crippen LogP contribution in [0, 0.1) is 0 Å². The summed E-state index contributed by atoms with van der Waals surface area (Å²) in [5, 5.41) is 0. The number of para-hydroxylation sites is 1. The lowest BCUT2D eigenvalue weighted by molar-refractivity contribution is -0.118. The van der Waals surface area contributed by atoms with Crippen LogP contribution in [0.4, 0.5) is 10.5 Å². The summed E-state index contributed by atoms with van der Waals surface area (Å²) >= 11 is 0. The number of anilines is 1. The van der Waals surface area contributed by atoms with Crippen molar-refractivity contribution >= 4 is 17.7 Å². The van der Waals surface area contributed by atoms with E-state index in [2.05, 4.69) is 17.0 Å². The Morgan fingerprint density at radius 2 is 1.68 bits per heavy atom. The van der Waals surface area contributed by atoms with E-state index >= 15 is 0 Å². The summed E-state index contributed by atoms with van der Waals surface area (Å²) in [7, 11) is 0. The Kier molecular flexibility index (Phi) is 7.63. The van der Waals surface area contributed by atoms with Crippen molar-refractivity contribution in [2.24, 2.45) is 0 Å². The maximum atomic E-state index is 12.6. The average molecular weight is 430 g/mol. The maximum Gasteiger partial charge on any atom is 0.410 e. The number of carbonyl (C=O) groups excluding carboxylic acids is 2. The highest BCUT2D eigenvalue weighted by Gasteiger charge is 2.37. The number of likely N-dealkylation sites (tertiary alicyclic amines) is 2. The summed E-state index contributed by atoms with van der Waals surface area (Å²) in [6, 6.07) is 8.85. The Morgan fingerprint density at radius 3 is 2.35 bits per heavy atom. The summed E-state index contributed by atoms with van der Waals surface area (Å²) in [5.74, 6) is 0.235. The Balaban J connectivity index is 0.00000132. The van der Waals surface area contributed by atoms with Gasteiger partial charge in [0.1, 0.15) is 5.60 Å². The van der Waals surface area contributed by atoms with Crippen molar-refractivity contribution < 1.29 is 14.3 Å². The van der Waals surface area contributed by atoms with Gasteiger partial charge in [0.15, 0.2) is 0 Å². The molecule has 3 aliphatic heterocycles. The lowest BCUT2D eigenvalue weighted by Crippen LogP contribution is -2.54. The number of amides is 2. The Bertz CT molecular complexity index is 766. The van der Waals surface area contributed by atoms with Crippen LogP contribution in [0.2, 0.25) is 0 Å². The molecule has 2 saturated heterocycles. The Hall–Kier alpha value is -2.08. The normalized spacial score (nSPS) is 22.6. The van der Waals surface area contributed by atoms with Gasteiger partial charge < -0.3 is 14.5 Å². The lowest BCUT2D eigenvalue weighted by atomic mass is 9.97. The number of carbonyl (C=O) groups is 2. The number of rotatable bonds is 2. The van der Waals surface area contributed by atoms with Crippen molar-refractivity contribution in [3.05, 3.63) is 29.8 Å². The number of nitrogens with zero attached hydrogens (tertiary/aromatic N) is 3. The molecule has 1 aromatic rings. The largest absolute Gasteiger partial charge is 0.444 e. The zero-order chi connectivity index (χ0) is 22.6. The van der Waals surface area contributed by atoms with Gasteiger partial charge in [-0.1, -0.05) is 32.0 Å². The van der Waals surface area contributed by atoms with Crippen molar-refractivity contribution in [2.75, 3.05) is 31.1 Å². The quantitative estimate of drug-likeness (QED) is 0.696. The van der Waals surface area contributed by atoms with Crippen LogP contribution in [0.1, 0.15) is 65.9 Å². The highest BCUT2D eigenvalue weighted by molar-refractivity contribution is 6.01. The first-order valence-electron chi connectivity index (χ1n) is 11.9. The molecule has 0 spiro atoms. The Labute approximate surface area is 187 Å². The van der Waals surface area contributed by atoms with Crippen molar-refractivity contribution in [1.29, 1.82) is 0 Å². The first-order chi connectivity index (χ1) is 14.8. The first kappa shape index (κ1) is 23.6. The first-order valence-corrected chi connectivity index (χ1v) is 11.9. The minimum atomic E-state index is -0.457.